The van der Waals surface area contributed by atoms with Gasteiger partial charge in [0, 0.05) is 37.7 Å². The molecule has 0 aliphatic rings. The van der Waals surface area contributed by atoms with Crippen LogP contribution in [-0.2, 0) is 14.3 Å². The van der Waals surface area contributed by atoms with E-state index in [9.17, 15) is 20.1 Å². The van der Waals surface area contributed by atoms with Crippen LogP contribution in [0.2, 0.25) is 0 Å². The molecular formula is C35H28N2O4S2. The summed E-state index contributed by atoms with van der Waals surface area (Å²) in [7, 11) is 0. The SMILES string of the molecule is C=CC(=O)OCCCCC(=O)Oc1c2cc(-c3ccc(C#N)cc3C)sc2c(C)c2cc(-c3ccc(C#N)cc3C)sc12. The topological polar surface area (TPSA) is 100 Å². The summed E-state index contributed by atoms with van der Waals surface area (Å²) >= 11 is 3.21. The number of hydrogen-bond acceptors (Lipinski definition) is 8. The molecule has 0 bridgehead atoms. The standard InChI is InChI=1S/C35H28N2O4S2/c1-5-31(38)40-13-7-6-8-32(39)41-33-28-17-30(26-12-10-24(19-37)15-21(26)3)42-34(28)22(4)27-16-29(43-35(27)33)25-11-9-23(18-36)14-20(25)2/h5,9-12,14-17H,1,6-8,13H2,2-4H3. The van der Waals surface area contributed by atoms with Crippen LogP contribution in [0, 0.1) is 43.4 Å². The Kier molecular flexibility index (Phi) is 8.73. The quantitative estimate of drug-likeness (QED) is 0.0721. The molecule has 0 radical (unpaired) electrons. The Morgan fingerprint density at radius 2 is 1.42 bits per heavy atom. The maximum atomic E-state index is 13.1. The Balaban J connectivity index is 1.58. The maximum Gasteiger partial charge on any atom is 0.330 e. The predicted octanol–water partition coefficient (Wildman–Crippen LogP) is 8.92. The number of fused-ring (bicyclic) bond motifs is 2. The summed E-state index contributed by atoms with van der Waals surface area (Å²) in [6, 6.07) is 19.9. The van der Waals surface area contributed by atoms with Gasteiger partial charge in [0.2, 0.25) is 0 Å². The number of aryl methyl sites for hydroxylation is 3. The summed E-state index contributed by atoms with van der Waals surface area (Å²) in [5, 5.41) is 20.5. The van der Waals surface area contributed by atoms with Crippen LogP contribution in [0.5, 0.6) is 5.75 Å². The van der Waals surface area contributed by atoms with Crippen molar-refractivity contribution in [2.24, 2.45) is 0 Å². The fourth-order valence-corrected chi connectivity index (χ4v) is 7.64. The first-order valence-electron chi connectivity index (χ1n) is 13.8. The van der Waals surface area contributed by atoms with Gasteiger partial charge in [-0.25, -0.2) is 4.79 Å². The third-order valence-corrected chi connectivity index (χ3v) is 9.76. The van der Waals surface area contributed by atoms with Gasteiger partial charge in [-0.2, -0.15) is 10.5 Å². The molecule has 214 valence electrons. The number of hydrogen-bond donors (Lipinski definition) is 0. The van der Waals surface area contributed by atoms with Gasteiger partial charge in [-0.05, 0) is 97.8 Å². The molecule has 0 N–H and O–H groups in total. The van der Waals surface area contributed by atoms with Crippen molar-refractivity contribution < 1.29 is 19.1 Å². The van der Waals surface area contributed by atoms with Crippen LogP contribution in [-0.4, -0.2) is 18.5 Å². The minimum Gasteiger partial charge on any atom is -0.463 e. The van der Waals surface area contributed by atoms with Gasteiger partial charge in [0.05, 0.1) is 34.6 Å². The molecule has 5 rings (SSSR count). The maximum absolute atomic E-state index is 13.1. The van der Waals surface area contributed by atoms with E-state index in [1.54, 1.807) is 22.7 Å². The Bertz CT molecular complexity index is 1880. The Morgan fingerprint density at radius 1 is 0.837 bits per heavy atom. The molecule has 0 unspecified atom stereocenters. The Hall–Kier alpha value is -4.76. The number of benzene rings is 3. The third-order valence-electron chi connectivity index (χ3n) is 7.30. The van der Waals surface area contributed by atoms with E-state index in [2.05, 4.69) is 37.8 Å². The van der Waals surface area contributed by atoms with E-state index in [-0.39, 0.29) is 19.0 Å². The second-order valence-electron chi connectivity index (χ2n) is 10.2. The minimum atomic E-state index is -0.483. The second-order valence-corrected chi connectivity index (χ2v) is 12.4. The van der Waals surface area contributed by atoms with E-state index in [0.29, 0.717) is 29.7 Å². The molecule has 0 saturated heterocycles. The monoisotopic (exact) mass is 604 g/mol. The molecule has 0 aliphatic carbocycles. The molecular weight excluding hydrogens is 577 g/mol. The summed E-state index contributed by atoms with van der Waals surface area (Å²) in [5.41, 5.74) is 6.38. The predicted molar refractivity (Wildman–Crippen MR) is 172 cm³/mol. The number of carbonyl (C=O) groups excluding carboxylic acids is 2. The number of nitrogens with zero attached hydrogens (tertiary/aromatic N) is 2. The highest BCUT2D eigenvalue weighted by Gasteiger charge is 2.22. The summed E-state index contributed by atoms with van der Waals surface area (Å²) < 4.78 is 13.1. The second kappa shape index (κ2) is 12.6. The summed E-state index contributed by atoms with van der Waals surface area (Å²) in [6.45, 7) is 9.68. The molecule has 2 aromatic heterocycles. The van der Waals surface area contributed by atoms with E-state index in [4.69, 9.17) is 9.47 Å². The largest absolute Gasteiger partial charge is 0.463 e. The highest BCUT2D eigenvalue weighted by Crippen LogP contribution is 2.49. The summed E-state index contributed by atoms with van der Waals surface area (Å²) in [5.74, 6) is -0.299. The van der Waals surface area contributed by atoms with Crippen LogP contribution in [0.3, 0.4) is 0 Å². The number of esters is 2. The number of rotatable bonds is 9. The first-order chi connectivity index (χ1) is 20.7. The molecule has 6 nitrogen and oxygen atoms in total. The highest BCUT2D eigenvalue weighted by atomic mass is 32.1. The third kappa shape index (κ3) is 6.08. The van der Waals surface area contributed by atoms with E-state index < -0.39 is 5.97 Å². The lowest BCUT2D eigenvalue weighted by molar-refractivity contribution is -0.137. The molecule has 8 heteroatoms. The lowest BCUT2D eigenvalue weighted by atomic mass is 10.0. The van der Waals surface area contributed by atoms with Crippen molar-refractivity contribution in [2.45, 2.75) is 40.0 Å². The molecule has 0 fully saturated rings. The van der Waals surface area contributed by atoms with Crippen molar-refractivity contribution in [3.8, 4) is 38.8 Å². The van der Waals surface area contributed by atoms with Crippen LogP contribution in [0.1, 0.15) is 47.1 Å². The van der Waals surface area contributed by atoms with Crippen LogP contribution in [0.4, 0.5) is 0 Å². The minimum absolute atomic E-state index is 0.182. The zero-order valence-electron chi connectivity index (χ0n) is 24.1. The molecule has 5 aromatic rings. The summed E-state index contributed by atoms with van der Waals surface area (Å²) in [4.78, 5) is 26.5. The molecule has 0 amide bonds. The van der Waals surface area contributed by atoms with Gasteiger partial charge in [0.25, 0.3) is 0 Å². The van der Waals surface area contributed by atoms with Crippen molar-refractivity contribution in [1.29, 1.82) is 10.5 Å². The molecule has 43 heavy (non-hydrogen) atoms. The zero-order valence-corrected chi connectivity index (χ0v) is 25.7. The van der Waals surface area contributed by atoms with Gasteiger partial charge in [0.1, 0.15) is 0 Å². The Morgan fingerprint density at radius 3 is 1.98 bits per heavy atom. The van der Waals surface area contributed by atoms with Gasteiger partial charge in [-0.1, -0.05) is 18.7 Å². The number of thiophene rings is 2. The Labute approximate surface area is 258 Å². The first-order valence-corrected chi connectivity index (χ1v) is 15.4. The average Bonchev–Trinajstić information content (AvgIpc) is 3.65. The highest BCUT2D eigenvalue weighted by molar-refractivity contribution is 7.24. The van der Waals surface area contributed by atoms with Crippen LogP contribution in [0.15, 0.2) is 61.2 Å². The van der Waals surface area contributed by atoms with E-state index in [0.717, 1.165) is 63.8 Å². The van der Waals surface area contributed by atoms with Gasteiger partial charge in [-0.3, -0.25) is 4.79 Å². The molecule has 0 aliphatic heterocycles. The molecule has 0 spiro atoms. The van der Waals surface area contributed by atoms with Crippen molar-refractivity contribution in [3.63, 3.8) is 0 Å². The molecule has 0 atom stereocenters. The molecule has 0 saturated carbocycles. The van der Waals surface area contributed by atoms with E-state index in [1.165, 1.54) is 0 Å². The van der Waals surface area contributed by atoms with Crippen LogP contribution in [0.25, 0.3) is 41.1 Å². The number of ether oxygens (including phenoxy) is 2. The lowest BCUT2D eigenvalue weighted by Crippen LogP contribution is -2.09. The molecule has 2 heterocycles. The van der Waals surface area contributed by atoms with E-state index in [1.807, 2.05) is 50.2 Å². The zero-order chi connectivity index (χ0) is 30.7. The fourth-order valence-electron chi connectivity index (χ4n) is 5.08. The summed E-state index contributed by atoms with van der Waals surface area (Å²) in [6.07, 6.45) is 2.35. The van der Waals surface area contributed by atoms with Crippen molar-refractivity contribution in [2.75, 3.05) is 6.61 Å². The first kappa shape index (κ1) is 29.7. The number of nitriles is 2. The van der Waals surface area contributed by atoms with Gasteiger partial charge >= 0.3 is 11.9 Å². The van der Waals surface area contributed by atoms with Crippen molar-refractivity contribution in [3.05, 3.63) is 89.0 Å². The van der Waals surface area contributed by atoms with Gasteiger partial charge < -0.3 is 9.47 Å². The number of unbranched alkanes of at least 4 members (excludes halogenated alkanes) is 1. The lowest BCUT2D eigenvalue weighted by Gasteiger charge is -2.09. The van der Waals surface area contributed by atoms with E-state index >= 15 is 0 Å². The number of carbonyl (C=O) groups is 2. The van der Waals surface area contributed by atoms with Gasteiger partial charge in [0.15, 0.2) is 5.75 Å². The van der Waals surface area contributed by atoms with Crippen molar-refractivity contribution >= 4 is 54.8 Å². The van der Waals surface area contributed by atoms with Crippen LogP contribution >= 0.6 is 22.7 Å². The smallest absolute Gasteiger partial charge is 0.330 e. The van der Waals surface area contributed by atoms with Gasteiger partial charge in [-0.15, -0.1) is 22.7 Å². The average molecular weight is 605 g/mol. The van der Waals surface area contributed by atoms with Crippen LogP contribution < -0.4 is 4.74 Å². The molecule has 3 aromatic carbocycles. The van der Waals surface area contributed by atoms with Crippen molar-refractivity contribution in [1.82, 2.24) is 0 Å². The normalized spacial score (nSPS) is 10.8. The fraction of sp³-hybridized carbons (Fsp3) is 0.200.